The van der Waals surface area contributed by atoms with Crippen LogP contribution in [0.5, 0.6) is 5.75 Å². The summed E-state index contributed by atoms with van der Waals surface area (Å²) in [7, 11) is 1.65. The highest BCUT2D eigenvalue weighted by Crippen LogP contribution is 2.16. The van der Waals surface area contributed by atoms with E-state index in [1.807, 2.05) is 24.3 Å². The van der Waals surface area contributed by atoms with Crippen molar-refractivity contribution in [2.24, 2.45) is 0 Å². The normalized spacial score (nSPS) is 7.45. The zero-order chi connectivity index (χ0) is 6.69. The lowest BCUT2D eigenvalue weighted by Crippen LogP contribution is -1.79. The Morgan fingerprint density at radius 2 is 2.00 bits per heavy atom. The van der Waals surface area contributed by atoms with E-state index in [0.717, 1.165) is 10.2 Å². The smallest absolute Gasteiger partial charge is 0.316 e. The Morgan fingerprint density at radius 1 is 1.36 bits per heavy atom. The average molecular weight is 294 g/mol. The summed E-state index contributed by atoms with van der Waals surface area (Å²) in [6.45, 7) is 0. The first kappa shape index (κ1) is 14.3. The molecule has 0 aliphatic rings. The van der Waals surface area contributed by atoms with Crippen LogP contribution in [0.2, 0.25) is 0 Å². The number of methoxy groups -OCH3 is 1. The summed E-state index contributed by atoms with van der Waals surface area (Å²) >= 11 is 3.32. The van der Waals surface area contributed by atoms with Gasteiger partial charge in [0.05, 0.1) is 7.11 Å². The van der Waals surface area contributed by atoms with Crippen LogP contribution in [0.1, 0.15) is 0 Å². The Balaban J connectivity index is 0. The van der Waals surface area contributed by atoms with Crippen LogP contribution >= 0.6 is 32.9 Å². The maximum Gasteiger partial charge on any atom is 0.316 e. The van der Waals surface area contributed by atoms with Gasteiger partial charge >= 0.3 is 23.1 Å². The van der Waals surface area contributed by atoms with Gasteiger partial charge in [0.15, 0.2) is 0 Å². The molecule has 1 rings (SSSR count). The van der Waals surface area contributed by atoms with E-state index in [0.29, 0.717) is 0 Å². The van der Waals surface area contributed by atoms with Crippen LogP contribution in [0.25, 0.3) is 0 Å². The molecule has 0 saturated carbocycles. The van der Waals surface area contributed by atoms with E-state index in [1.54, 1.807) is 7.11 Å². The highest BCUT2D eigenvalue weighted by molar-refractivity contribution is 9.10. The molecule has 0 unspecified atom stereocenters. The van der Waals surface area contributed by atoms with Crippen molar-refractivity contribution in [2.45, 2.75) is 0 Å². The van der Waals surface area contributed by atoms with Crippen LogP contribution in [0, 0.1) is 0 Å². The molecule has 1 nitrogen and oxygen atoms in total. The van der Waals surface area contributed by atoms with E-state index in [-0.39, 0.29) is 40.0 Å². The predicted octanol–water partition coefficient (Wildman–Crippen LogP) is 2.12. The van der Waals surface area contributed by atoms with Gasteiger partial charge in [-0.05, 0) is 18.2 Å². The molecule has 1 aromatic carbocycles. The van der Waals surface area contributed by atoms with Crippen molar-refractivity contribution in [3.63, 3.8) is 0 Å². The van der Waals surface area contributed by atoms with Gasteiger partial charge in [0.25, 0.3) is 0 Å². The molecule has 0 amide bonds. The molecule has 0 radical (unpaired) electrons. The molecule has 0 spiro atoms. The SMILES string of the molecule is Br.COc1cccc(Br)c1.[MgH2]. The third-order valence-electron chi connectivity index (χ3n) is 1.03. The summed E-state index contributed by atoms with van der Waals surface area (Å²) in [5, 5.41) is 0. The van der Waals surface area contributed by atoms with Gasteiger partial charge in [-0.3, -0.25) is 0 Å². The first-order valence-electron chi connectivity index (χ1n) is 2.62. The minimum atomic E-state index is 0. The first-order chi connectivity index (χ1) is 4.33. The molecule has 0 aliphatic heterocycles. The lowest BCUT2D eigenvalue weighted by atomic mass is 10.3. The maximum absolute atomic E-state index is 4.96. The molecular weight excluding hydrogens is 284 g/mol. The number of hydrogen-bond donors (Lipinski definition) is 0. The fourth-order valence-corrected chi connectivity index (χ4v) is 0.972. The van der Waals surface area contributed by atoms with Gasteiger partial charge in [0, 0.05) is 4.47 Å². The largest absolute Gasteiger partial charge is 0.497 e. The van der Waals surface area contributed by atoms with E-state index < -0.39 is 0 Å². The Bertz CT molecular complexity index is 205. The molecule has 0 atom stereocenters. The lowest BCUT2D eigenvalue weighted by Gasteiger charge is -1.96. The van der Waals surface area contributed by atoms with Crippen molar-refractivity contribution >= 4 is 56.0 Å². The summed E-state index contributed by atoms with van der Waals surface area (Å²) in [4.78, 5) is 0. The molecule has 0 aromatic heterocycles. The molecule has 0 aliphatic carbocycles. The van der Waals surface area contributed by atoms with E-state index in [2.05, 4.69) is 15.9 Å². The second-order valence-electron chi connectivity index (χ2n) is 1.66. The van der Waals surface area contributed by atoms with Gasteiger partial charge in [-0.1, -0.05) is 22.0 Å². The predicted molar refractivity (Wildman–Crippen MR) is 59.6 cm³/mol. The Kier molecular flexibility index (Phi) is 9.60. The van der Waals surface area contributed by atoms with Crippen molar-refractivity contribution < 1.29 is 4.74 Å². The molecule has 0 saturated heterocycles. The summed E-state index contributed by atoms with van der Waals surface area (Å²) < 4.78 is 6.01. The number of ether oxygens (including phenoxy) is 1. The zero-order valence-corrected chi connectivity index (χ0v) is 8.80. The van der Waals surface area contributed by atoms with Crippen molar-refractivity contribution in [2.75, 3.05) is 7.11 Å². The van der Waals surface area contributed by atoms with E-state index in [9.17, 15) is 0 Å². The summed E-state index contributed by atoms with van der Waals surface area (Å²) in [5.41, 5.74) is 0. The molecule has 0 bridgehead atoms. The maximum atomic E-state index is 4.96. The Morgan fingerprint density at radius 3 is 2.36 bits per heavy atom. The van der Waals surface area contributed by atoms with Gasteiger partial charge in [-0.25, -0.2) is 0 Å². The second-order valence-corrected chi connectivity index (χ2v) is 2.58. The second kappa shape index (κ2) is 7.40. The molecule has 0 N–H and O–H groups in total. The molecule has 0 heterocycles. The topological polar surface area (TPSA) is 9.23 Å². The van der Waals surface area contributed by atoms with Crippen LogP contribution in [0.15, 0.2) is 28.7 Å². The van der Waals surface area contributed by atoms with Gasteiger partial charge in [-0.2, -0.15) is 0 Å². The minimum absolute atomic E-state index is 0. The number of rotatable bonds is 1. The van der Waals surface area contributed by atoms with Gasteiger partial charge in [0.2, 0.25) is 0 Å². The summed E-state index contributed by atoms with van der Waals surface area (Å²) in [6, 6.07) is 7.72. The minimum Gasteiger partial charge on any atom is -0.497 e. The van der Waals surface area contributed by atoms with E-state index in [1.165, 1.54) is 0 Å². The lowest BCUT2D eigenvalue weighted by molar-refractivity contribution is 0.414. The van der Waals surface area contributed by atoms with Crippen molar-refractivity contribution in [3.8, 4) is 5.75 Å². The molecule has 11 heavy (non-hydrogen) atoms. The summed E-state index contributed by atoms with van der Waals surface area (Å²) in [6.07, 6.45) is 0. The van der Waals surface area contributed by atoms with Gasteiger partial charge < -0.3 is 4.74 Å². The standard InChI is InChI=1S/C7H7BrO.BrH.Mg.2H/c1-9-7-4-2-3-6(8)5-7;;;;/h2-5H,1H3;1H;;;. The van der Waals surface area contributed by atoms with Crippen LogP contribution in [-0.4, -0.2) is 30.2 Å². The monoisotopic (exact) mass is 292 g/mol. The first-order valence-corrected chi connectivity index (χ1v) is 3.42. The molecule has 4 heteroatoms. The van der Waals surface area contributed by atoms with Crippen molar-refractivity contribution in [1.82, 2.24) is 0 Å². The average Bonchev–Trinajstić information content (AvgIpc) is 1.88. The molecular formula is C7H10Br2MgO. The highest BCUT2D eigenvalue weighted by atomic mass is 79.9. The molecule has 0 fully saturated rings. The van der Waals surface area contributed by atoms with Crippen molar-refractivity contribution in [1.29, 1.82) is 0 Å². The van der Waals surface area contributed by atoms with E-state index in [4.69, 9.17) is 4.74 Å². The molecule has 60 valence electrons. The third-order valence-corrected chi connectivity index (χ3v) is 1.53. The van der Waals surface area contributed by atoms with E-state index >= 15 is 0 Å². The van der Waals surface area contributed by atoms with Crippen LogP contribution in [0.4, 0.5) is 0 Å². The number of halogens is 2. The fraction of sp³-hybridized carbons (Fsp3) is 0.143. The third kappa shape index (κ3) is 5.06. The molecule has 1 aromatic rings. The van der Waals surface area contributed by atoms with Crippen LogP contribution in [-0.2, 0) is 0 Å². The Hall–Kier alpha value is 0.746. The quantitative estimate of drug-likeness (QED) is 0.721. The van der Waals surface area contributed by atoms with Crippen LogP contribution in [0.3, 0.4) is 0 Å². The zero-order valence-electron chi connectivity index (χ0n) is 5.50. The van der Waals surface area contributed by atoms with Crippen LogP contribution < -0.4 is 4.74 Å². The highest BCUT2D eigenvalue weighted by Gasteiger charge is 1.88. The van der Waals surface area contributed by atoms with Gasteiger partial charge in [0.1, 0.15) is 5.75 Å². The number of hydrogen-bond acceptors (Lipinski definition) is 1. The number of benzene rings is 1. The Labute approximate surface area is 102 Å². The van der Waals surface area contributed by atoms with Crippen molar-refractivity contribution in [3.05, 3.63) is 28.7 Å². The van der Waals surface area contributed by atoms with Gasteiger partial charge in [-0.15, -0.1) is 17.0 Å². The summed E-state index contributed by atoms with van der Waals surface area (Å²) in [5.74, 6) is 0.879. The fourth-order valence-electron chi connectivity index (χ4n) is 0.594.